The fraction of sp³-hybridized carbons (Fsp3) is 0.630. The van der Waals surface area contributed by atoms with Crippen LogP contribution in [0.15, 0.2) is 18.2 Å². The minimum absolute atomic E-state index is 0.0810. The smallest absolute Gasteiger partial charge is 0.458 e. The summed E-state index contributed by atoms with van der Waals surface area (Å²) in [6, 6.07) is 3.63. The first-order valence-corrected chi connectivity index (χ1v) is 13.1. The molecular formula is C27H39NO9. The molecule has 1 fully saturated rings. The summed E-state index contributed by atoms with van der Waals surface area (Å²) in [7, 11) is 0. The van der Waals surface area contributed by atoms with Gasteiger partial charge in [-0.1, -0.05) is 26.3 Å². The molecule has 1 saturated carbocycles. The highest BCUT2D eigenvalue weighted by molar-refractivity contribution is 5.77. The lowest BCUT2D eigenvalue weighted by Gasteiger charge is -2.22. The van der Waals surface area contributed by atoms with E-state index in [1.54, 1.807) is 13.0 Å². The van der Waals surface area contributed by atoms with Crippen LogP contribution in [0.1, 0.15) is 84.1 Å². The molecule has 2 rings (SSSR count). The van der Waals surface area contributed by atoms with E-state index >= 15 is 0 Å². The first kappa shape index (κ1) is 30.1. The van der Waals surface area contributed by atoms with Gasteiger partial charge in [0.05, 0.1) is 0 Å². The van der Waals surface area contributed by atoms with Gasteiger partial charge in [-0.15, -0.1) is 0 Å². The van der Waals surface area contributed by atoms with Gasteiger partial charge in [0.25, 0.3) is 0 Å². The van der Waals surface area contributed by atoms with Gasteiger partial charge < -0.3 is 29.4 Å². The molecule has 0 spiro atoms. The summed E-state index contributed by atoms with van der Waals surface area (Å²) in [6.07, 6.45) is 4.96. The van der Waals surface area contributed by atoms with Gasteiger partial charge in [-0.05, 0) is 69.6 Å². The topological polar surface area (TPSA) is 140 Å². The second-order valence-corrected chi connectivity index (χ2v) is 9.23. The standard InChI is InChI=1S/C27H39NO9/c1-4-9-24(29)36-22-14-13-19(16-23(22)37-25(30)10-5-2)15-21(28)26(31)34-18(3)17-33-27(32)35-20-11-7-6-8-12-20/h13-14,16,18,20-21H,4-12,15,17,28H2,1-3H3/t18-,21-/m0/s1. The second kappa shape index (κ2) is 15.9. The normalized spacial score (nSPS) is 15.2. The summed E-state index contributed by atoms with van der Waals surface area (Å²) in [6.45, 7) is 5.13. The van der Waals surface area contributed by atoms with E-state index in [1.165, 1.54) is 12.1 Å². The summed E-state index contributed by atoms with van der Waals surface area (Å²) >= 11 is 0. The van der Waals surface area contributed by atoms with Gasteiger partial charge >= 0.3 is 24.1 Å². The van der Waals surface area contributed by atoms with Crippen molar-refractivity contribution in [3.63, 3.8) is 0 Å². The molecule has 206 valence electrons. The van der Waals surface area contributed by atoms with Crippen LogP contribution >= 0.6 is 0 Å². The van der Waals surface area contributed by atoms with E-state index in [0.29, 0.717) is 18.4 Å². The van der Waals surface area contributed by atoms with Gasteiger partial charge in [-0.2, -0.15) is 0 Å². The predicted octanol–water partition coefficient (Wildman–Crippen LogP) is 4.39. The molecule has 0 saturated heterocycles. The summed E-state index contributed by atoms with van der Waals surface area (Å²) in [4.78, 5) is 48.4. The molecule has 2 atom stereocenters. The zero-order valence-corrected chi connectivity index (χ0v) is 22.0. The number of ether oxygens (including phenoxy) is 5. The lowest BCUT2D eigenvalue weighted by molar-refractivity contribution is -0.152. The molecule has 0 radical (unpaired) electrons. The maximum atomic E-state index is 12.5. The van der Waals surface area contributed by atoms with Crippen LogP contribution in [0.2, 0.25) is 0 Å². The van der Waals surface area contributed by atoms with Gasteiger partial charge in [0.2, 0.25) is 0 Å². The molecule has 2 N–H and O–H groups in total. The number of benzene rings is 1. The van der Waals surface area contributed by atoms with Crippen LogP contribution < -0.4 is 15.2 Å². The number of nitrogens with two attached hydrogens (primary N) is 1. The number of hydrogen-bond donors (Lipinski definition) is 1. The van der Waals surface area contributed by atoms with Crippen molar-refractivity contribution < 1.29 is 42.9 Å². The predicted molar refractivity (Wildman–Crippen MR) is 134 cm³/mol. The van der Waals surface area contributed by atoms with E-state index in [-0.39, 0.29) is 43.5 Å². The van der Waals surface area contributed by atoms with Crippen molar-refractivity contribution in [2.75, 3.05) is 6.61 Å². The highest BCUT2D eigenvalue weighted by Gasteiger charge is 2.23. The molecule has 0 aromatic heterocycles. The highest BCUT2D eigenvalue weighted by atomic mass is 16.7. The Balaban J connectivity index is 1.90. The van der Waals surface area contributed by atoms with Gasteiger partial charge in [-0.25, -0.2) is 4.79 Å². The third-order valence-electron chi connectivity index (χ3n) is 5.69. The fourth-order valence-corrected chi connectivity index (χ4v) is 3.79. The molecule has 1 aromatic carbocycles. The Morgan fingerprint density at radius 1 is 0.946 bits per heavy atom. The first-order valence-electron chi connectivity index (χ1n) is 13.1. The van der Waals surface area contributed by atoms with Gasteiger partial charge in [0, 0.05) is 12.8 Å². The van der Waals surface area contributed by atoms with Crippen LogP contribution in [-0.2, 0) is 35.0 Å². The highest BCUT2D eigenvalue weighted by Crippen LogP contribution is 2.30. The minimum Gasteiger partial charge on any atom is -0.458 e. The minimum atomic E-state index is -1.02. The third-order valence-corrected chi connectivity index (χ3v) is 5.69. The lowest BCUT2D eigenvalue weighted by Crippen LogP contribution is -2.37. The van der Waals surface area contributed by atoms with Gasteiger partial charge in [0.1, 0.15) is 24.9 Å². The maximum Gasteiger partial charge on any atom is 0.508 e. The molecule has 37 heavy (non-hydrogen) atoms. The van der Waals surface area contributed by atoms with E-state index in [0.717, 1.165) is 32.1 Å². The molecule has 1 aliphatic carbocycles. The molecule has 1 aromatic rings. The molecule has 10 heteroatoms. The molecule has 0 aliphatic heterocycles. The van der Waals surface area contributed by atoms with E-state index in [1.807, 2.05) is 13.8 Å². The van der Waals surface area contributed by atoms with Crippen molar-refractivity contribution >= 4 is 24.1 Å². The zero-order chi connectivity index (χ0) is 27.2. The summed E-state index contributed by atoms with van der Waals surface area (Å²) in [5.74, 6) is -1.39. The first-order chi connectivity index (χ1) is 17.7. The van der Waals surface area contributed by atoms with Crippen molar-refractivity contribution in [1.82, 2.24) is 0 Å². The molecule has 1 aliphatic rings. The van der Waals surface area contributed by atoms with Gasteiger partial charge in [0.15, 0.2) is 11.5 Å². The largest absolute Gasteiger partial charge is 0.508 e. The number of esters is 3. The van der Waals surface area contributed by atoms with Crippen LogP contribution in [0.3, 0.4) is 0 Å². The van der Waals surface area contributed by atoms with Crippen molar-refractivity contribution in [1.29, 1.82) is 0 Å². The SMILES string of the molecule is CCCC(=O)Oc1ccc(C[C@H](N)C(=O)O[C@@H](C)COC(=O)OC2CCCCC2)cc1OC(=O)CCC. The summed E-state index contributed by atoms with van der Waals surface area (Å²) in [5, 5.41) is 0. The van der Waals surface area contributed by atoms with Crippen LogP contribution in [0.25, 0.3) is 0 Å². The Kier molecular flexibility index (Phi) is 12.9. The van der Waals surface area contributed by atoms with E-state index in [2.05, 4.69) is 0 Å². The van der Waals surface area contributed by atoms with Crippen molar-refractivity contribution in [2.24, 2.45) is 5.73 Å². The van der Waals surface area contributed by atoms with Gasteiger partial charge in [-0.3, -0.25) is 14.4 Å². The van der Waals surface area contributed by atoms with Crippen molar-refractivity contribution in [3.05, 3.63) is 23.8 Å². The average Bonchev–Trinajstić information content (AvgIpc) is 2.85. The Morgan fingerprint density at radius 3 is 2.19 bits per heavy atom. The quantitative estimate of drug-likeness (QED) is 0.293. The molecule has 0 bridgehead atoms. The Bertz CT molecular complexity index is 911. The monoisotopic (exact) mass is 521 g/mol. The van der Waals surface area contributed by atoms with Crippen molar-refractivity contribution in [2.45, 2.75) is 103 Å². The molecule has 0 heterocycles. The summed E-state index contributed by atoms with van der Waals surface area (Å²) < 4.78 is 26.4. The van der Waals surface area contributed by atoms with Crippen LogP contribution in [-0.4, -0.2) is 48.9 Å². The second-order valence-electron chi connectivity index (χ2n) is 9.23. The zero-order valence-electron chi connectivity index (χ0n) is 22.0. The Hall–Kier alpha value is -3.14. The molecular weight excluding hydrogens is 482 g/mol. The third kappa shape index (κ3) is 11.2. The summed E-state index contributed by atoms with van der Waals surface area (Å²) in [5.41, 5.74) is 6.62. The number of rotatable bonds is 13. The Labute approximate surface area is 218 Å². The fourth-order valence-electron chi connectivity index (χ4n) is 3.79. The number of hydrogen-bond acceptors (Lipinski definition) is 10. The van der Waals surface area contributed by atoms with E-state index in [4.69, 9.17) is 29.4 Å². The van der Waals surface area contributed by atoms with E-state index in [9.17, 15) is 19.2 Å². The number of carbonyl (C=O) groups is 4. The van der Waals surface area contributed by atoms with Crippen molar-refractivity contribution in [3.8, 4) is 11.5 Å². The van der Waals surface area contributed by atoms with E-state index < -0.39 is 36.2 Å². The molecule has 10 nitrogen and oxygen atoms in total. The lowest BCUT2D eigenvalue weighted by atomic mass is 9.98. The molecule has 0 unspecified atom stereocenters. The number of carbonyl (C=O) groups excluding carboxylic acids is 4. The average molecular weight is 522 g/mol. The van der Waals surface area contributed by atoms with Crippen LogP contribution in [0.4, 0.5) is 4.79 Å². The van der Waals surface area contributed by atoms with Crippen LogP contribution in [0.5, 0.6) is 11.5 Å². The Morgan fingerprint density at radius 2 is 1.57 bits per heavy atom. The molecule has 0 amide bonds. The van der Waals surface area contributed by atoms with Crippen LogP contribution in [0, 0.1) is 0 Å². The maximum absolute atomic E-state index is 12.5.